The normalized spacial score (nSPS) is 16.1. The summed E-state index contributed by atoms with van der Waals surface area (Å²) in [5, 5.41) is 4.69. The maximum absolute atomic E-state index is 11.5. The number of carbonyl (C=O) groups is 1. The van der Waals surface area contributed by atoms with Crippen molar-refractivity contribution in [3.8, 4) is 11.4 Å². The summed E-state index contributed by atoms with van der Waals surface area (Å²) in [6.45, 7) is 4.47. The summed E-state index contributed by atoms with van der Waals surface area (Å²) in [5.41, 5.74) is 0.857. The molecule has 134 valence electrons. The van der Waals surface area contributed by atoms with Crippen LogP contribution in [-0.4, -0.2) is 58.6 Å². The Morgan fingerprint density at radius 2 is 2.16 bits per heavy atom. The molecule has 3 rings (SSSR count). The van der Waals surface area contributed by atoms with Gasteiger partial charge in [-0.25, -0.2) is 0 Å². The minimum absolute atomic E-state index is 0.137. The van der Waals surface area contributed by atoms with Crippen molar-refractivity contribution in [2.75, 3.05) is 26.7 Å². The molecule has 25 heavy (non-hydrogen) atoms. The third-order valence-electron chi connectivity index (χ3n) is 4.79. The second kappa shape index (κ2) is 7.97. The van der Waals surface area contributed by atoms with Gasteiger partial charge in [-0.3, -0.25) is 4.79 Å². The lowest BCUT2D eigenvalue weighted by Gasteiger charge is -2.36. The molecule has 1 aliphatic heterocycles. The number of aromatic nitrogens is 2. The number of nitrogens with zero attached hydrogens (tertiary/aromatic N) is 4. The van der Waals surface area contributed by atoms with E-state index in [4.69, 9.17) is 16.1 Å². The minimum Gasteiger partial charge on any atom is -0.343 e. The van der Waals surface area contributed by atoms with Crippen LogP contribution in [0.4, 0.5) is 0 Å². The van der Waals surface area contributed by atoms with E-state index in [-0.39, 0.29) is 5.91 Å². The molecule has 7 heteroatoms. The Morgan fingerprint density at radius 1 is 1.40 bits per heavy atom. The van der Waals surface area contributed by atoms with Crippen LogP contribution >= 0.6 is 11.6 Å². The number of likely N-dealkylation sites (tertiary alicyclic amines) is 1. The Labute approximate surface area is 152 Å². The first-order chi connectivity index (χ1) is 12.0. The molecular formula is C18H23ClN4O2. The van der Waals surface area contributed by atoms with E-state index in [0.717, 1.165) is 44.5 Å². The fourth-order valence-corrected chi connectivity index (χ4v) is 3.33. The molecule has 2 aromatic rings. The van der Waals surface area contributed by atoms with Crippen molar-refractivity contribution in [3.05, 3.63) is 35.2 Å². The zero-order valence-electron chi connectivity index (χ0n) is 14.6. The summed E-state index contributed by atoms with van der Waals surface area (Å²) < 4.78 is 5.36. The molecule has 2 heterocycles. The van der Waals surface area contributed by atoms with E-state index in [9.17, 15) is 4.79 Å². The van der Waals surface area contributed by atoms with Gasteiger partial charge in [-0.05, 0) is 25.0 Å². The summed E-state index contributed by atoms with van der Waals surface area (Å²) in [5.74, 6) is 1.34. The Balaban J connectivity index is 1.50. The molecule has 0 spiro atoms. The summed E-state index contributed by atoms with van der Waals surface area (Å²) >= 11 is 6.00. The molecule has 0 radical (unpaired) electrons. The number of rotatable bonds is 5. The van der Waals surface area contributed by atoms with Gasteiger partial charge in [-0.2, -0.15) is 4.98 Å². The third kappa shape index (κ3) is 4.58. The van der Waals surface area contributed by atoms with E-state index in [2.05, 4.69) is 15.0 Å². The molecule has 0 N–H and O–H groups in total. The van der Waals surface area contributed by atoms with Crippen LogP contribution in [0.5, 0.6) is 0 Å². The van der Waals surface area contributed by atoms with Gasteiger partial charge in [0.15, 0.2) is 0 Å². The van der Waals surface area contributed by atoms with Crippen molar-refractivity contribution >= 4 is 17.5 Å². The monoisotopic (exact) mass is 362 g/mol. The van der Waals surface area contributed by atoms with E-state index in [1.807, 2.05) is 36.2 Å². The van der Waals surface area contributed by atoms with Gasteiger partial charge in [0.1, 0.15) is 0 Å². The smallest absolute Gasteiger partial charge is 0.228 e. The fraction of sp³-hybridized carbons (Fsp3) is 0.500. The number of hydrogen-bond donors (Lipinski definition) is 0. The third-order valence-corrected chi connectivity index (χ3v) is 5.03. The van der Waals surface area contributed by atoms with Crippen molar-refractivity contribution in [2.45, 2.75) is 32.2 Å². The van der Waals surface area contributed by atoms with Crippen LogP contribution in [0.25, 0.3) is 11.4 Å². The van der Waals surface area contributed by atoms with Gasteiger partial charge in [-0.1, -0.05) is 28.9 Å². The van der Waals surface area contributed by atoms with E-state index < -0.39 is 0 Å². The van der Waals surface area contributed by atoms with E-state index >= 15 is 0 Å². The molecule has 0 aliphatic carbocycles. The first kappa shape index (κ1) is 17.9. The van der Waals surface area contributed by atoms with Crippen LogP contribution in [-0.2, 0) is 11.2 Å². The molecule has 1 amide bonds. The lowest BCUT2D eigenvalue weighted by Crippen LogP contribution is -2.45. The van der Waals surface area contributed by atoms with Crippen LogP contribution in [0.3, 0.4) is 0 Å². The second-order valence-electron chi connectivity index (χ2n) is 6.47. The van der Waals surface area contributed by atoms with Crippen molar-refractivity contribution in [1.29, 1.82) is 0 Å². The van der Waals surface area contributed by atoms with E-state index in [0.29, 0.717) is 22.8 Å². The van der Waals surface area contributed by atoms with Crippen LogP contribution < -0.4 is 0 Å². The molecule has 1 aliphatic rings. The summed E-state index contributed by atoms with van der Waals surface area (Å²) in [6, 6.07) is 7.78. The van der Waals surface area contributed by atoms with E-state index in [1.165, 1.54) is 0 Å². The van der Waals surface area contributed by atoms with Gasteiger partial charge in [0.05, 0.1) is 0 Å². The summed E-state index contributed by atoms with van der Waals surface area (Å²) in [4.78, 5) is 20.1. The molecule has 1 aromatic heterocycles. The topological polar surface area (TPSA) is 62.5 Å². The fourth-order valence-electron chi connectivity index (χ4n) is 3.14. The number of amides is 1. The maximum atomic E-state index is 11.5. The first-order valence-electron chi connectivity index (χ1n) is 8.57. The first-order valence-corrected chi connectivity index (χ1v) is 8.95. The molecule has 0 atom stereocenters. The van der Waals surface area contributed by atoms with Crippen LogP contribution in [0.2, 0.25) is 5.02 Å². The van der Waals surface area contributed by atoms with Crippen molar-refractivity contribution in [2.24, 2.45) is 0 Å². The highest BCUT2D eigenvalue weighted by atomic mass is 35.5. The summed E-state index contributed by atoms with van der Waals surface area (Å²) in [6.07, 6.45) is 2.74. The summed E-state index contributed by atoms with van der Waals surface area (Å²) in [7, 11) is 1.89. The molecule has 6 nitrogen and oxygen atoms in total. The highest BCUT2D eigenvalue weighted by Gasteiger charge is 2.23. The van der Waals surface area contributed by atoms with Crippen molar-refractivity contribution < 1.29 is 9.32 Å². The number of hydrogen-bond acceptors (Lipinski definition) is 5. The quantitative estimate of drug-likeness (QED) is 0.818. The molecule has 0 bridgehead atoms. The van der Waals surface area contributed by atoms with Crippen molar-refractivity contribution in [3.63, 3.8) is 0 Å². The average Bonchev–Trinajstić information content (AvgIpc) is 3.09. The van der Waals surface area contributed by atoms with Crippen LogP contribution in [0.1, 0.15) is 25.7 Å². The molecular weight excluding hydrogens is 340 g/mol. The number of piperidine rings is 1. The van der Waals surface area contributed by atoms with Gasteiger partial charge in [0.2, 0.25) is 17.6 Å². The number of halogens is 1. The van der Waals surface area contributed by atoms with Gasteiger partial charge in [-0.15, -0.1) is 0 Å². The number of benzene rings is 1. The van der Waals surface area contributed by atoms with Crippen molar-refractivity contribution in [1.82, 2.24) is 19.9 Å². The number of carbonyl (C=O) groups excluding carboxylic acids is 1. The van der Waals surface area contributed by atoms with Crippen LogP contribution in [0, 0.1) is 0 Å². The Bertz CT molecular complexity index is 725. The molecule has 0 unspecified atom stereocenters. The van der Waals surface area contributed by atoms with Crippen LogP contribution in [0.15, 0.2) is 28.8 Å². The standard InChI is InChI=1S/C18H23ClN4O2/c1-13(24)22(2)16-6-9-23(10-7-16)11-8-17-20-18(21-25-17)14-4-3-5-15(19)12-14/h3-5,12,16H,6-11H2,1-2H3. The van der Waals surface area contributed by atoms with E-state index in [1.54, 1.807) is 6.92 Å². The Kier molecular flexibility index (Phi) is 5.71. The highest BCUT2D eigenvalue weighted by molar-refractivity contribution is 6.30. The second-order valence-corrected chi connectivity index (χ2v) is 6.91. The SMILES string of the molecule is CC(=O)N(C)C1CCN(CCc2nc(-c3cccc(Cl)c3)no2)CC1. The Hall–Kier alpha value is -1.92. The molecule has 1 aromatic carbocycles. The lowest BCUT2D eigenvalue weighted by molar-refractivity contribution is -0.130. The average molecular weight is 363 g/mol. The Morgan fingerprint density at radius 3 is 2.84 bits per heavy atom. The molecule has 1 fully saturated rings. The highest BCUT2D eigenvalue weighted by Crippen LogP contribution is 2.20. The zero-order valence-corrected chi connectivity index (χ0v) is 15.4. The van der Waals surface area contributed by atoms with Gasteiger partial charge < -0.3 is 14.3 Å². The lowest BCUT2D eigenvalue weighted by atomic mass is 10.0. The minimum atomic E-state index is 0.137. The van der Waals surface area contributed by atoms with Gasteiger partial charge >= 0.3 is 0 Å². The zero-order chi connectivity index (χ0) is 17.8. The largest absolute Gasteiger partial charge is 0.343 e. The predicted molar refractivity (Wildman–Crippen MR) is 96.4 cm³/mol. The molecule has 1 saturated heterocycles. The maximum Gasteiger partial charge on any atom is 0.228 e. The molecule has 0 saturated carbocycles. The van der Waals surface area contributed by atoms with Gasteiger partial charge in [0, 0.05) is 56.7 Å². The van der Waals surface area contributed by atoms with Gasteiger partial charge in [0.25, 0.3) is 0 Å². The predicted octanol–water partition coefficient (Wildman–Crippen LogP) is 2.88.